The lowest BCUT2D eigenvalue weighted by molar-refractivity contribution is -0.0503. The number of carbonyl (C=O) groups is 1. The molecule has 0 aliphatic heterocycles. The first-order valence-electron chi connectivity index (χ1n) is 6.50. The molecule has 0 radical (unpaired) electrons. The Kier molecular flexibility index (Phi) is 6.48. The Hall–Kier alpha value is -1.76. The van der Waals surface area contributed by atoms with Gasteiger partial charge in [0.15, 0.2) is 0 Å². The lowest BCUT2D eigenvalue weighted by atomic mass is 10.1. The molecule has 0 fully saturated rings. The topological polar surface area (TPSA) is 58.6 Å². The third kappa shape index (κ3) is 6.03. The minimum Gasteiger partial charge on any atom is -0.434 e. The highest BCUT2D eigenvalue weighted by atomic mass is 19.3. The van der Waals surface area contributed by atoms with Gasteiger partial charge in [0.1, 0.15) is 11.6 Å². The van der Waals surface area contributed by atoms with E-state index in [9.17, 15) is 23.1 Å². The summed E-state index contributed by atoms with van der Waals surface area (Å²) in [4.78, 5) is 11.9. The van der Waals surface area contributed by atoms with Crippen LogP contribution in [-0.2, 0) is 0 Å². The van der Waals surface area contributed by atoms with Crippen LogP contribution in [0.25, 0.3) is 0 Å². The fraction of sp³-hybridized carbons (Fsp3) is 0.500. The maximum atomic E-state index is 13.0. The van der Waals surface area contributed by atoms with Crippen molar-refractivity contribution in [3.05, 3.63) is 29.6 Å². The second-order valence-electron chi connectivity index (χ2n) is 5.01. The number of rotatable bonds is 7. The number of halogens is 3. The summed E-state index contributed by atoms with van der Waals surface area (Å²) < 4.78 is 41.6. The van der Waals surface area contributed by atoms with Crippen LogP contribution in [0.3, 0.4) is 0 Å². The van der Waals surface area contributed by atoms with E-state index in [1.165, 1.54) is 0 Å². The van der Waals surface area contributed by atoms with Gasteiger partial charge in [-0.15, -0.1) is 0 Å². The first-order valence-corrected chi connectivity index (χ1v) is 6.50. The predicted octanol–water partition coefficient (Wildman–Crippen LogP) is 2.56. The summed E-state index contributed by atoms with van der Waals surface area (Å²) in [5.74, 6) is -1.79. The first kappa shape index (κ1) is 17.3. The van der Waals surface area contributed by atoms with Crippen LogP contribution in [0.5, 0.6) is 5.75 Å². The number of carbonyl (C=O) groups excluding carboxylic acids is 1. The predicted molar refractivity (Wildman–Crippen MR) is 70.8 cm³/mol. The number of amides is 1. The van der Waals surface area contributed by atoms with E-state index < -0.39 is 30.2 Å². The first-order chi connectivity index (χ1) is 9.79. The van der Waals surface area contributed by atoms with Crippen molar-refractivity contribution in [3.63, 3.8) is 0 Å². The van der Waals surface area contributed by atoms with Crippen LogP contribution in [0.4, 0.5) is 13.2 Å². The van der Waals surface area contributed by atoms with Crippen LogP contribution in [0.2, 0.25) is 0 Å². The average molecular weight is 305 g/mol. The van der Waals surface area contributed by atoms with E-state index >= 15 is 0 Å². The number of hydrogen-bond donors (Lipinski definition) is 2. The summed E-state index contributed by atoms with van der Waals surface area (Å²) in [7, 11) is 0. The van der Waals surface area contributed by atoms with E-state index in [4.69, 9.17) is 0 Å². The molecule has 1 aromatic rings. The van der Waals surface area contributed by atoms with Crippen molar-refractivity contribution in [1.82, 2.24) is 5.32 Å². The van der Waals surface area contributed by atoms with Crippen LogP contribution in [-0.4, -0.2) is 30.3 Å². The summed E-state index contributed by atoms with van der Waals surface area (Å²) in [6, 6.07) is 2.74. The quantitative estimate of drug-likeness (QED) is 0.814. The summed E-state index contributed by atoms with van der Waals surface area (Å²) >= 11 is 0. The second kappa shape index (κ2) is 7.87. The van der Waals surface area contributed by atoms with Gasteiger partial charge in [-0.05, 0) is 24.5 Å². The van der Waals surface area contributed by atoms with Crippen molar-refractivity contribution < 1.29 is 27.8 Å². The molecule has 1 rings (SSSR count). The van der Waals surface area contributed by atoms with Gasteiger partial charge in [0.05, 0.1) is 11.7 Å². The fourth-order valence-corrected chi connectivity index (χ4v) is 1.81. The van der Waals surface area contributed by atoms with Gasteiger partial charge in [-0.3, -0.25) is 4.79 Å². The third-order valence-corrected chi connectivity index (χ3v) is 2.65. The van der Waals surface area contributed by atoms with E-state index in [0.29, 0.717) is 12.5 Å². The lowest BCUT2D eigenvalue weighted by Gasteiger charge is -2.15. The Bertz CT molecular complexity index is 481. The summed E-state index contributed by atoms with van der Waals surface area (Å²) in [6.45, 7) is 0.645. The van der Waals surface area contributed by atoms with Gasteiger partial charge in [0.25, 0.3) is 5.91 Å². The highest BCUT2D eigenvalue weighted by molar-refractivity contribution is 5.96. The lowest BCUT2D eigenvalue weighted by Crippen LogP contribution is -2.33. The van der Waals surface area contributed by atoms with E-state index in [1.54, 1.807) is 0 Å². The maximum Gasteiger partial charge on any atom is 0.387 e. The minimum absolute atomic E-state index is 0.0253. The molecule has 118 valence electrons. The molecule has 0 bridgehead atoms. The number of benzene rings is 1. The molecule has 2 N–H and O–H groups in total. The number of ether oxygens (including phenoxy) is 1. The molecular formula is C14H18F3NO3. The minimum atomic E-state index is -3.16. The van der Waals surface area contributed by atoms with Crippen molar-refractivity contribution >= 4 is 5.91 Å². The standard InChI is InChI=1S/C14H18F3NO3/c1-8(2)5-10(19)7-18-13(20)11-4-3-9(15)6-12(11)21-14(16)17/h3-4,6,8,10,14,19H,5,7H2,1-2H3,(H,18,20). The van der Waals surface area contributed by atoms with E-state index in [-0.39, 0.29) is 18.0 Å². The molecule has 1 unspecified atom stereocenters. The number of nitrogens with one attached hydrogen (secondary N) is 1. The molecule has 7 heteroatoms. The zero-order valence-corrected chi connectivity index (χ0v) is 11.8. The van der Waals surface area contributed by atoms with Crippen LogP contribution in [0, 0.1) is 11.7 Å². The molecule has 0 aliphatic rings. The third-order valence-electron chi connectivity index (χ3n) is 2.65. The molecule has 1 aromatic carbocycles. The molecular weight excluding hydrogens is 287 g/mol. The highest BCUT2D eigenvalue weighted by Crippen LogP contribution is 2.22. The number of aliphatic hydroxyl groups is 1. The van der Waals surface area contributed by atoms with Crippen molar-refractivity contribution in [3.8, 4) is 5.75 Å². The van der Waals surface area contributed by atoms with Crippen LogP contribution in [0.1, 0.15) is 30.6 Å². The van der Waals surface area contributed by atoms with Gasteiger partial charge < -0.3 is 15.2 Å². The van der Waals surface area contributed by atoms with E-state index in [1.807, 2.05) is 13.8 Å². The number of alkyl halides is 2. The van der Waals surface area contributed by atoms with Crippen molar-refractivity contribution in [2.45, 2.75) is 33.0 Å². The van der Waals surface area contributed by atoms with Gasteiger partial charge in [-0.25, -0.2) is 4.39 Å². The zero-order valence-electron chi connectivity index (χ0n) is 11.8. The number of aliphatic hydroxyl groups excluding tert-OH is 1. The summed E-state index contributed by atoms with van der Waals surface area (Å²) in [6.07, 6.45) is -0.252. The molecule has 0 saturated carbocycles. The molecule has 0 spiro atoms. The van der Waals surface area contributed by atoms with E-state index in [2.05, 4.69) is 10.1 Å². The Morgan fingerprint density at radius 3 is 2.62 bits per heavy atom. The molecule has 21 heavy (non-hydrogen) atoms. The smallest absolute Gasteiger partial charge is 0.387 e. The van der Waals surface area contributed by atoms with Gasteiger partial charge >= 0.3 is 6.61 Å². The van der Waals surface area contributed by atoms with Gasteiger partial charge in [0, 0.05) is 12.6 Å². The van der Waals surface area contributed by atoms with E-state index in [0.717, 1.165) is 12.1 Å². The normalized spacial score (nSPS) is 12.6. The Labute approximate surface area is 120 Å². The van der Waals surface area contributed by atoms with Gasteiger partial charge in [0.2, 0.25) is 0 Å². The molecule has 0 aromatic heterocycles. The summed E-state index contributed by atoms with van der Waals surface area (Å²) in [5, 5.41) is 12.0. The largest absolute Gasteiger partial charge is 0.434 e. The Morgan fingerprint density at radius 1 is 1.38 bits per heavy atom. The molecule has 0 aliphatic carbocycles. The Morgan fingerprint density at radius 2 is 2.05 bits per heavy atom. The monoisotopic (exact) mass is 305 g/mol. The Balaban J connectivity index is 2.73. The van der Waals surface area contributed by atoms with Crippen molar-refractivity contribution in [1.29, 1.82) is 0 Å². The van der Waals surface area contributed by atoms with Gasteiger partial charge in [-0.1, -0.05) is 13.8 Å². The molecule has 1 atom stereocenters. The van der Waals surface area contributed by atoms with Crippen molar-refractivity contribution in [2.75, 3.05) is 6.54 Å². The molecule has 1 amide bonds. The summed E-state index contributed by atoms with van der Waals surface area (Å²) in [5.41, 5.74) is -0.214. The highest BCUT2D eigenvalue weighted by Gasteiger charge is 2.17. The molecule has 4 nitrogen and oxygen atoms in total. The van der Waals surface area contributed by atoms with Crippen LogP contribution in [0.15, 0.2) is 18.2 Å². The number of hydrogen-bond acceptors (Lipinski definition) is 3. The molecule has 0 saturated heterocycles. The maximum absolute atomic E-state index is 13.0. The SMILES string of the molecule is CC(C)CC(O)CNC(=O)c1ccc(F)cc1OC(F)F. The average Bonchev–Trinajstić information content (AvgIpc) is 2.34. The van der Waals surface area contributed by atoms with Gasteiger partial charge in [-0.2, -0.15) is 8.78 Å². The van der Waals surface area contributed by atoms with Crippen LogP contribution < -0.4 is 10.1 Å². The zero-order chi connectivity index (χ0) is 16.0. The second-order valence-corrected chi connectivity index (χ2v) is 5.01. The van der Waals surface area contributed by atoms with Crippen molar-refractivity contribution in [2.24, 2.45) is 5.92 Å². The fourth-order valence-electron chi connectivity index (χ4n) is 1.81. The van der Waals surface area contributed by atoms with Crippen LogP contribution >= 0.6 is 0 Å². The molecule has 0 heterocycles.